The molecule has 1 atom stereocenters. The van der Waals surface area contributed by atoms with Crippen molar-refractivity contribution in [3.05, 3.63) is 28.2 Å². The molecule has 1 aromatic rings. The van der Waals surface area contributed by atoms with E-state index in [0.29, 0.717) is 6.04 Å². The zero-order valence-electron chi connectivity index (χ0n) is 9.96. The maximum Gasteiger partial charge on any atom is 0.0370 e. The maximum absolute atomic E-state index is 3.55. The van der Waals surface area contributed by atoms with Crippen LogP contribution in [0.15, 0.2) is 22.7 Å². The van der Waals surface area contributed by atoms with Gasteiger partial charge in [-0.1, -0.05) is 15.9 Å². The van der Waals surface area contributed by atoms with E-state index >= 15 is 0 Å². The van der Waals surface area contributed by atoms with Crippen LogP contribution in [0.4, 0.5) is 5.69 Å². The number of rotatable bonds is 2. The van der Waals surface area contributed by atoms with Crippen LogP contribution in [0.3, 0.4) is 0 Å². The molecule has 1 aliphatic heterocycles. The molecule has 0 radical (unpaired) electrons. The Bertz CT molecular complexity index is 365. The van der Waals surface area contributed by atoms with Crippen molar-refractivity contribution in [2.45, 2.75) is 25.8 Å². The molecule has 16 heavy (non-hydrogen) atoms. The van der Waals surface area contributed by atoms with Gasteiger partial charge in [0.25, 0.3) is 0 Å². The van der Waals surface area contributed by atoms with Gasteiger partial charge in [-0.3, -0.25) is 0 Å². The number of benzene rings is 1. The Morgan fingerprint density at radius 1 is 1.44 bits per heavy atom. The van der Waals surface area contributed by atoms with Crippen molar-refractivity contribution in [2.75, 3.05) is 25.0 Å². The van der Waals surface area contributed by atoms with E-state index in [4.69, 9.17) is 0 Å². The lowest BCUT2D eigenvalue weighted by atomic mass is 10.0. The summed E-state index contributed by atoms with van der Waals surface area (Å²) in [6, 6.07) is 7.25. The van der Waals surface area contributed by atoms with Crippen LogP contribution in [0.5, 0.6) is 0 Å². The van der Waals surface area contributed by atoms with Crippen LogP contribution < -0.4 is 10.2 Å². The number of nitrogens with zero attached hydrogens (tertiary/aromatic N) is 1. The number of nitrogens with one attached hydrogen (secondary N) is 1. The molecule has 0 saturated carbocycles. The quantitative estimate of drug-likeness (QED) is 0.897. The Kier molecular flexibility index (Phi) is 3.87. The molecule has 2 rings (SSSR count). The van der Waals surface area contributed by atoms with E-state index in [1.807, 2.05) is 0 Å². The van der Waals surface area contributed by atoms with Crippen LogP contribution in [0.25, 0.3) is 0 Å². The highest BCUT2D eigenvalue weighted by molar-refractivity contribution is 9.10. The van der Waals surface area contributed by atoms with Crippen LogP contribution in [0, 0.1) is 6.92 Å². The Hall–Kier alpha value is -0.540. The van der Waals surface area contributed by atoms with E-state index in [1.165, 1.54) is 35.1 Å². The Balaban J connectivity index is 2.13. The molecule has 0 amide bonds. The van der Waals surface area contributed by atoms with Crippen LogP contribution in [0.1, 0.15) is 18.4 Å². The fourth-order valence-corrected chi connectivity index (χ4v) is 2.52. The highest BCUT2D eigenvalue weighted by atomic mass is 79.9. The first-order valence-electron chi connectivity index (χ1n) is 5.89. The van der Waals surface area contributed by atoms with Gasteiger partial charge in [-0.2, -0.15) is 0 Å². The summed E-state index contributed by atoms with van der Waals surface area (Å²) in [4.78, 5) is 2.48. The Morgan fingerprint density at radius 2 is 2.25 bits per heavy atom. The second-order valence-corrected chi connectivity index (χ2v) is 5.36. The van der Waals surface area contributed by atoms with Gasteiger partial charge in [0.1, 0.15) is 0 Å². The summed E-state index contributed by atoms with van der Waals surface area (Å²) in [7, 11) is 2.06. The smallest absolute Gasteiger partial charge is 0.0370 e. The van der Waals surface area contributed by atoms with E-state index in [9.17, 15) is 0 Å². The summed E-state index contributed by atoms with van der Waals surface area (Å²) in [6.45, 7) is 4.45. The molecular formula is C13H19BrN2. The van der Waals surface area contributed by atoms with Crippen molar-refractivity contribution in [1.82, 2.24) is 5.32 Å². The third-order valence-electron chi connectivity index (χ3n) is 3.34. The van der Waals surface area contributed by atoms with E-state index in [1.54, 1.807) is 0 Å². The third kappa shape index (κ3) is 2.58. The van der Waals surface area contributed by atoms with Gasteiger partial charge in [0, 0.05) is 29.3 Å². The van der Waals surface area contributed by atoms with Crippen LogP contribution >= 0.6 is 15.9 Å². The number of hydrogen-bond acceptors (Lipinski definition) is 2. The molecule has 2 nitrogen and oxygen atoms in total. The van der Waals surface area contributed by atoms with Crippen molar-refractivity contribution >= 4 is 21.6 Å². The van der Waals surface area contributed by atoms with Crippen molar-refractivity contribution in [1.29, 1.82) is 0 Å². The average molecular weight is 283 g/mol. The lowest BCUT2D eigenvalue weighted by molar-refractivity contribution is 0.449. The fraction of sp³-hybridized carbons (Fsp3) is 0.538. The SMILES string of the molecule is CNC1CCCN(c2ccc(Br)c(C)c2)C1. The lowest BCUT2D eigenvalue weighted by Crippen LogP contribution is -2.44. The van der Waals surface area contributed by atoms with Crippen LogP contribution in [0.2, 0.25) is 0 Å². The molecule has 1 heterocycles. The van der Waals surface area contributed by atoms with Gasteiger partial charge in [0.15, 0.2) is 0 Å². The first-order chi connectivity index (χ1) is 7.70. The van der Waals surface area contributed by atoms with Gasteiger partial charge in [0.05, 0.1) is 0 Å². The first-order valence-corrected chi connectivity index (χ1v) is 6.68. The summed E-state index contributed by atoms with van der Waals surface area (Å²) in [6.07, 6.45) is 2.57. The van der Waals surface area contributed by atoms with Crippen molar-refractivity contribution < 1.29 is 0 Å². The number of halogens is 1. The van der Waals surface area contributed by atoms with Gasteiger partial charge in [-0.15, -0.1) is 0 Å². The zero-order chi connectivity index (χ0) is 11.5. The molecule has 1 aromatic carbocycles. The zero-order valence-corrected chi connectivity index (χ0v) is 11.5. The fourth-order valence-electron chi connectivity index (χ4n) is 2.27. The number of likely N-dealkylation sites (N-methyl/N-ethyl adjacent to an activating group) is 1. The van der Waals surface area contributed by atoms with Crippen LogP contribution in [-0.2, 0) is 0 Å². The van der Waals surface area contributed by atoms with Gasteiger partial charge < -0.3 is 10.2 Å². The van der Waals surface area contributed by atoms with Crippen molar-refractivity contribution in [2.24, 2.45) is 0 Å². The number of piperidine rings is 1. The van der Waals surface area contributed by atoms with E-state index < -0.39 is 0 Å². The minimum absolute atomic E-state index is 0.637. The summed E-state index contributed by atoms with van der Waals surface area (Å²) in [5.74, 6) is 0. The minimum Gasteiger partial charge on any atom is -0.370 e. The summed E-state index contributed by atoms with van der Waals surface area (Å²) in [5, 5.41) is 3.38. The predicted octanol–water partition coefficient (Wildman–Crippen LogP) is 2.95. The normalized spacial score (nSPS) is 21.2. The highest BCUT2D eigenvalue weighted by Crippen LogP contribution is 2.25. The predicted molar refractivity (Wildman–Crippen MR) is 73.2 cm³/mol. The second kappa shape index (κ2) is 5.19. The summed E-state index contributed by atoms with van der Waals surface area (Å²) < 4.78 is 1.19. The topological polar surface area (TPSA) is 15.3 Å². The molecule has 0 bridgehead atoms. The van der Waals surface area contributed by atoms with Gasteiger partial charge >= 0.3 is 0 Å². The molecule has 1 N–H and O–H groups in total. The molecule has 3 heteroatoms. The number of aryl methyl sites for hydroxylation is 1. The first kappa shape index (κ1) is 11.9. The molecule has 1 aliphatic rings. The molecular weight excluding hydrogens is 264 g/mol. The minimum atomic E-state index is 0.637. The Morgan fingerprint density at radius 3 is 2.94 bits per heavy atom. The van der Waals surface area contributed by atoms with E-state index in [-0.39, 0.29) is 0 Å². The lowest BCUT2D eigenvalue weighted by Gasteiger charge is -2.34. The molecule has 0 aromatic heterocycles. The monoisotopic (exact) mass is 282 g/mol. The molecule has 1 fully saturated rings. The van der Waals surface area contributed by atoms with E-state index in [0.717, 1.165) is 6.54 Å². The molecule has 1 saturated heterocycles. The van der Waals surface area contributed by atoms with Gasteiger partial charge in [-0.05, 0) is 50.6 Å². The van der Waals surface area contributed by atoms with Crippen molar-refractivity contribution in [3.8, 4) is 0 Å². The largest absolute Gasteiger partial charge is 0.370 e. The Labute approximate surface area is 106 Å². The summed E-state index contributed by atoms with van der Waals surface area (Å²) >= 11 is 3.55. The van der Waals surface area contributed by atoms with Crippen LogP contribution in [-0.4, -0.2) is 26.2 Å². The number of hydrogen-bond donors (Lipinski definition) is 1. The number of anilines is 1. The molecule has 0 spiro atoms. The second-order valence-electron chi connectivity index (χ2n) is 4.51. The maximum atomic E-state index is 3.55. The molecule has 1 unspecified atom stereocenters. The van der Waals surface area contributed by atoms with Crippen molar-refractivity contribution in [3.63, 3.8) is 0 Å². The average Bonchev–Trinajstić information content (AvgIpc) is 2.33. The highest BCUT2D eigenvalue weighted by Gasteiger charge is 2.18. The molecule has 0 aliphatic carbocycles. The molecule has 88 valence electrons. The van der Waals surface area contributed by atoms with Gasteiger partial charge in [-0.25, -0.2) is 0 Å². The van der Waals surface area contributed by atoms with Gasteiger partial charge in [0.2, 0.25) is 0 Å². The standard InChI is InChI=1S/C13H19BrN2/c1-10-8-12(5-6-13(10)14)16-7-3-4-11(9-16)15-2/h5-6,8,11,15H,3-4,7,9H2,1-2H3. The summed E-state index contributed by atoms with van der Waals surface area (Å²) in [5.41, 5.74) is 2.66. The van der Waals surface area contributed by atoms with E-state index in [2.05, 4.69) is 58.3 Å². The third-order valence-corrected chi connectivity index (χ3v) is 4.23.